The van der Waals surface area contributed by atoms with Crippen LogP contribution in [0.25, 0.3) is 6.08 Å². The van der Waals surface area contributed by atoms with Gasteiger partial charge in [-0.05, 0) is 23.8 Å². The van der Waals surface area contributed by atoms with E-state index in [4.69, 9.17) is 9.47 Å². The van der Waals surface area contributed by atoms with Gasteiger partial charge in [-0.25, -0.2) is 0 Å². The summed E-state index contributed by atoms with van der Waals surface area (Å²) in [6.45, 7) is 6.37. The molecule has 0 aliphatic heterocycles. The van der Waals surface area contributed by atoms with Crippen LogP contribution in [-0.2, 0) is 14.4 Å². The highest BCUT2D eigenvalue weighted by Gasteiger charge is 2.12. The minimum atomic E-state index is -0.473. The minimum Gasteiger partial charge on any atom is -0.493 e. The highest BCUT2D eigenvalue weighted by atomic mass is 16.6. The molecule has 7 nitrogen and oxygen atoms in total. The van der Waals surface area contributed by atoms with Crippen molar-refractivity contribution in [3.8, 4) is 11.5 Å². The number of carbonyl (C=O) groups is 3. The predicted octanol–water partition coefficient (Wildman–Crippen LogP) is 1.40. The van der Waals surface area contributed by atoms with Crippen molar-refractivity contribution >= 4 is 23.9 Å². The molecule has 0 heterocycles. The Kier molecular flexibility index (Phi) is 7.22. The molecule has 0 saturated heterocycles. The monoisotopic (exact) mass is 332 g/mol. The first-order valence-corrected chi connectivity index (χ1v) is 7.12. The Morgan fingerprint density at radius 3 is 2.46 bits per heavy atom. The van der Waals surface area contributed by atoms with Crippen molar-refractivity contribution in [2.24, 2.45) is 0 Å². The van der Waals surface area contributed by atoms with Gasteiger partial charge in [-0.15, -0.1) is 6.58 Å². The molecule has 0 aliphatic carbocycles. The topological polar surface area (TPSA) is 93.7 Å². The second-order valence-electron chi connectivity index (χ2n) is 4.74. The van der Waals surface area contributed by atoms with Gasteiger partial charge in [0, 0.05) is 20.4 Å². The molecule has 7 heteroatoms. The van der Waals surface area contributed by atoms with Crippen LogP contribution in [0, 0.1) is 0 Å². The summed E-state index contributed by atoms with van der Waals surface area (Å²) < 4.78 is 10.2. The van der Waals surface area contributed by atoms with Gasteiger partial charge in [0.25, 0.3) is 5.91 Å². The zero-order chi connectivity index (χ0) is 18.1. The molecule has 0 unspecified atom stereocenters. The molecule has 0 atom stereocenters. The normalized spacial score (nSPS) is 10.5. The van der Waals surface area contributed by atoms with Gasteiger partial charge >= 0.3 is 5.97 Å². The summed E-state index contributed by atoms with van der Waals surface area (Å²) in [4.78, 5) is 34.4. The van der Waals surface area contributed by atoms with Crippen molar-refractivity contribution in [3.05, 3.63) is 42.1 Å². The Balaban J connectivity index is 3.15. The molecule has 2 amide bonds. The number of hydrogen-bond acceptors (Lipinski definition) is 5. The average molecular weight is 332 g/mol. The predicted molar refractivity (Wildman–Crippen MR) is 89.3 cm³/mol. The first-order valence-electron chi connectivity index (χ1n) is 7.12. The third-order valence-corrected chi connectivity index (χ3v) is 2.71. The second kappa shape index (κ2) is 9.14. The fourth-order valence-corrected chi connectivity index (χ4v) is 1.79. The van der Waals surface area contributed by atoms with Gasteiger partial charge in [0.15, 0.2) is 11.5 Å². The van der Waals surface area contributed by atoms with Gasteiger partial charge in [0.1, 0.15) is 5.70 Å². The maximum Gasteiger partial charge on any atom is 0.308 e. The van der Waals surface area contributed by atoms with Crippen molar-refractivity contribution in [1.29, 1.82) is 0 Å². The molecule has 128 valence electrons. The van der Waals surface area contributed by atoms with E-state index in [1.165, 1.54) is 33.1 Å². The van der Waals surface area contributed by atoms with E-state index in [1.807, 2.05) is 0 Å². The van der Waals surface area contributed by atoms with Crippen LogP contribution in [0.2, 0.25) is 0 Å². The molecule has 1 aromatic rings. The number of rotatable bonds is 7. The van der Waals surface area contributed by atoms with Crippen LogP contribution in [-0.4, -0.2) is 31.4 Å². The number of hydrogen-bond donors (Lipinski definition) is 2. The minimum absolute atomic E-state index is 0.0756. The van der Waals surface area contributed by atoms with E-state index < -0.39 is 11.9 Å². The lowest BCUT2D eigenvalue weighted by atomic mass is 10.1. The molecule has 0 saturated carbocycles. The van der Waals surface area contributed by atoms with E-state index in [-0.39, 0.29) is 23.9 Å². The highest BCUT2D eigenvalue weighted by molar-refractivity contribution is 6.01. The van der Waals surface area contributed by atoms with Crippen LogP contribution in [0.1, 0.15) is 19.4 Å². The van der Waals surface area contributed by atoms with Crippen LogP contribution >= 0.6 is 0 Å². The van der Waals surface area contributed by atoms with E-state index in [2.05, 4.69) is 17.2 Å². The molecule has 0 fully saturated rings. The molecular weight excluding hydrogens is 312 g/mol. The summed E-state index contributed by atoms with van der Waals surface area (Å²) in [5.74, 6) is -0.710. The average Bonchev–Trinajstić information content (AvgIpc) is 2.52. The summed E-state index contributed by atoms with van der Waals surface area (Å²) in [7, 11) is 1.43. The maximum absolute atomic E-state index is 12.1. The van der Waals surface area contributed by atoms with Crippen molar-refractivity contribution < 1.29 is 23.9 Å². The maximum atomic E-state index is 12.1. The van der Waals surface area contributed by atoms with Gasteiger partial charge in [-0.1, -0.05) is 12.1 Å². The summed E-state index contributed by atoms with van der Waals surface area (Å²) in [5, 5.41) is 5.05. The lowest BCUT2D eigenvalue weighted by Gasteiger charge is -2.11. The molecule has 1 rings (SSSR count). The van der Waals surface area contributed by atoms with Crippen molar-refractivity contribution in [3.63, 3.8) is 0 Å². The van der Waals surface area contributed by atoms with Gasteiger partial charge < -0.3 is 20.1 Å². The Hall–Kier alpha value is -3.09. The third kappa shape index (κ3) is 5.96. The molecule has 2 N–H and O–H groups in total. The summed E-state index contributed by atoms with van der Waals surface area (Å²) >= 11 is 0. The van der Waals surface area contributed by atoms with Crippen LogP contribution in [0.5, 0.6) is 11.5 Å². The Morgan fingerprint density at radius 1 is 1.21 bits per heavy atom. The fourth-order valence-electron chi connectivity index (χ4n) is 1.79. The van der Waals surface area contributed by atoms with E-state index in [9.17, 15) is 14.4 Å². The Labute approximate surface area is 140 Å². The molecule has 0 aliphatic rings. The third-order valence-electron chi connectivity index (χ3n) is 2.71. The number of benzene rings is 1. The van der Waals surface area contributed by atoms with Crippen LogP contribution in [0.15, 0.2) is 36.6 Å². The number of amides is 2. The molecular formula is C17H20N2O5. The molecule has 0 spiro atoms. The lowest BCUT2D eigenvalue weighted by molar-refractivity contribution is -0.132. The SMILES string of the molecule is C=CCNC(=O)/C(=C/c1ccc(OC(C)=O)c(OC)c1)NC(C)=O. The smallest absolute Gasteiger partial charge is 0.308 e. The summed E-state index contributed by atoms with van der Waals surface area (Å²) in [6, 6.07) is 4.75. The van der Waals surface area contributed by atoms with E-state index in [0.717, 1.165) is 0 Å². The molecule has 0 bridgehead atoms. The van der Waals surface area contributed by atoms with Crippen molar-refractivity contribution in [1.82, 2.24) is 10.6 Å². The largest absolute Gasteiger partial charge is 0.493 e. The van der Waals surface area contributed by atoms with Crippen LogP contribution in [0.4, 0.5) is 0 Å². The number of nitrogens with one attached hydrogen (secondary N) is 2. The summed E-state index contributed by atoms with van der Waals surface area (Å²) in [5.41, 5.74) is 0.659. The standard InChI is InChI=1S/C17H20N2O5/c1-5-8-18-17(22)14(19-11(2)20)9-13-6-7-15(24-12(3)21)16(10-13)23-4/h5-7,9-10H,1,8H2,2-4H3,(H,18,22)(H,19,20)/b14-9-. The first-order chi connectivity index (χ1) is 11.4. The molecule has 0 aromatic heterocycles. The van der Waals surface area contributed by atoms with Gasteiger partial charge in [-0.2, -0.15) is 0 Å². The van der Waals surface area contributed by atoms with E-state index in [1.54, 1.807) is 18.2 Å². The van der Waals surface area contributed by atoms with Gasteiger partial charge in [0.2, 0.25) is 5.91 Å². The zero-order valence-corrected chi connectivity index (χ0v) is 13.8. The molecule has 24 heavy (non-hydrogen) atoms. The van der Waals surface area contributed by atoms with Crippen molar-refractivity contribution in [2.75, 3.05) is 13.7 Å². The van der Waals surface area contributed by atoms with E-state index >= 15 is 0 Å². The lowest BCUT2D eigenvalue weighted by Crippen LogP contribution is -2.33. The first kappa shape index (κ1) is 19.0. The highest BCUT2D eigenvalue weighted by Crippen LogP contribution is 2.29. The number of esters is 1. The Bertz CT molecular complexity index is 680. The quantitative estimate of drug-likeness (QED) is 0.341. The zero-order valence-electron chi connectivity index (χ0n) is 13.8. The van der Waals surface area contributed by atoms with Crippen molar-refractivity contribution in [2.45, 2.75) is 13.8 Å². The second-order valence-corrected chi connectivity index (χ2v) is 4.74. The summed E-state index contributed by atoms with van der Waals surface area (Å²) in [6.07, 6.45) is 3.01. The number of carbonyl (C=O) groups excluding carboxylic acids is 3. The fraction of sp³-hybridized carbons (Fsp3) is 0.235. The van der Waals surface area contributed by atoms with Gasteiger partial charge in [0.05, 0.1) is 7.11 Å². The number of ether oxygens (including phenoxy) is 2. The van der Waals surface area contributed by atoms with Crippen LogP contribution < -0.4 is 20.1 Å². The Morgan fingerprint density at radius 2 is 1.92 bits per heavy atom. The molecule has 0 radical (unpaired) electrons. The van der Waals surface area contributed by atoms with E-state index in [0.29, 0.717) is 11.3 Å². The van der Waals surface area contributed by atoms with Gasteiger partial charge in [-0.3, -0.25) is 14.4 Å². The molecule has 1 aromatic carbocycles. The number of methoxy groups -OCH3 is 1. The van der Waals surface area contributed by atoms with Crippen LogP contribution in [0.3, 0.4) is 0 Å².